The Hall–Kier alpha value is -1.18. The van der Waals surface area contributed by atoms with Crippen LogP contribution in [-0.4, -0.2) is 13.2 Å². The average molecular weight is 223 g/mol. The number of unbranched alkanes of at least 4 members (excludes halogenated alkanes) is 2. The van der Waals surface area contributed by atoms with Gasteiger partial charge in [0.25, 0.3) is 0 Å². The third kappa shape index (κ3) is 9.38. The van der Waals surface area contributed by atoms with Crippen LogP contribution in [0, 0.1) is 0 Å². The molecule has 0 aromatic carbocycles. The summed E-state index contributed by atoms with van der Waals surface area (Å²) in [5.41, 5.74) is 1.10. The molecule has 0 bridgehead atoms. The Labute approximate surface area is 100 Å². The van der Waals surface area contributed by atoms with E-state index < -0.39 is 0 Å². The van der Waals surface area contributed by atoms with Crippen molar-refractivity contribution < 1.29 is 4.74 Å². The summed E-state index contributed by atoms with van der Waals surface area (Å²) in [5.74, 6) is 0.886. The minimum Gasteiger partial charge on any atom is -0.499 e. The Morgan fingerprint density at radius 1 is 1.25 bits per heavy atom. The lowest BCUT2D eigenvalue weighted by Gasteiger charge is -2.08. The summed E-state index contributed by atoms with van der Waals surface area (Å²) in [4.78, 5) is 0. The van der Waals surface area contributed by atoms with Crippen LogP contribution in [0.4, 0.5) is 0 Å². The molecule has 0 fully saturated rings. The third-order valence-corrected chi connectivity index (χ3v) is 2.32. The van der Waals surface area contributed by atoms with Gasteiger partial charge >= 0.3 is 0 Å². The van der Waals surface area contributed by atoms with E-state index in [1.165, 1.54) is 6.42 Å². The monoisotopic (exact) mass is 223 g/mol. The van der Waals surface area contributed by atoms with E-state index in [-0.39, 0.29) is 0 Å². The van der Waals surface area contributed by atoms with Crippen LogP contribution in [0.5, 0.6) is 0 Å². The first-order valence-electron chi connectivity index (χ1n) is 6.03. The summed E-state index contributed by atoms with van der Waals surface area (Å²) in [6.07, 6.45) is 7.20. The Morgan fingerprint density at radius 2 is 2.00 bits per heavy atom. The maximum absolute atomic E-state index is 5.42. The van der Waals surface area contributed by atoms with Gasteiger partial charge in [0.05, 0.1) is 12.4 Å². The van der Waals surface area contributed by atoms with Crippen molar-refractivity contribution in [3.05, 3.63) is 37.3 Å². The minimum atomic E-state index is 0.791. The molecule has 0 unspecified atom stereocenters. The molecule has 0 radical (unpaired) electrons. The van der Waals surface area contributed by atoms with Gasteiger partial charge in [-0.1, -0.05) is 26.2 Å². The molecule has 1 N–H and O–H groups in total. The van der Waals surface area contributed by atoms with Gasteiger partial charge in [-0.2, -0.15) is 0 Å². The topological polar surface area (TPSA) is 21.3 Å². The molecule has 0 aliphatic carbocycles. The predicted octanol–water partition coefficient (Wildman–Crippen LogP) is 3.78. The first kappa shape index (κ1) is 14.8. The normalized spacial score (nSPS) is 9.56. The van der Waals surface area contributed by atoms with Crippen LogP contribution in [0.15, 0.2) is 37.3 Å². The summed E-state index contributed by atoms with van der Waals surface area (Å²) >= 11 is 0. The molecule has 0 saturated heterocycles. The molecule has 0 aromatic rings. The summed E-state index contributed by atoms with van der Waals surface area (Å²) in [5, 5.41) is 3.19. The zero-order valence-corrected chi connectivity index (χ0v) is 10.6. The summed E-state index contributed by atoms with van der Waals surface area (Å²) in [6, 6.07) is 0. The van der Waals surface area contributed by atoms with E-state index in [0.717, 1.165) is 50.3 Å². The highest BCUT2D eigenvalue weighted by Gasteiger charge is 1.95. The van der Waals surface area contributed by atoms with Crippen molar-refractivity contribution >= 4 is 0 Å². The maximum Gasteiger partial charge on any atom is 0.0885 e. The number of ether oxygens (including phenoxy) is 1. The molecule has 0 aliphatic heterocycles. The SMILES string of the molecule is C=CCNC(=C)CCCCCOC(=C)CC. The van der Waals surface area contributed by atoms with Crippen LogP contribution in [0.1, 0.15) is 39.0 Å². The van der Waals surface area contributed by atoms with E-state index in [1.807, 2.05) is 6.08 Å². The first-order chi connectivity index (χ1) is 7.70. The third-order valence-electron chi connectivity index (χ3n) is 2.32. The standard InChI is InChI=1S/C14H25NO/c1-5-11-15-13(3)10-8-7-9-12-16-14(4)6-2/h5,15H,1,3-4,6-12H2,2H3. The first-order valence-corrected chi connectivity index (χ1v) is 6.03. The summed E-state index contributed by atoms with van der Waals surface area (Å²) < 4.78 is 5.42. The van der Waals surface area contributed by atoms with Crippen LogP contribution < -0.4 is 5.32 Å². The largest absolute Gasteiger partial charge is 0.499 e. The van der Waals surface area contributed by atoms with Crippen molar-refractivity contribution in [1.82, 2.24) is 5.32 Å². The highest BCUT2D eigenvalue weighted by atomic mass is 16.5. The van der Waals surface area contributed by atoms with Gasteiger partial charge in [0.2, 0.25) is 0 Å². The number of hydrogen-bond acceptors (Lipinski definition) is 2. The lowest BCUT2D eigenvalue weighted by Crippen LogP contribution is -2.11. The smallest absolute Gasteiger partial charge is 0.0885 e. The number of allylic oxidation sites excluding steroid dienone is 2. The second-order valence-corrected chi connectivity index (χ2v) is 3.82. The molecule has 16 heavy (non-hydrogen) atoms. The van der Waals surface area contributed by atoms with E-state index in [9.17, 15) is 0 Å². The van der Waals surface area contributed by atoms with Crippen molar-refractivity contribution in [1.29, 1.82) is 0 Å². The van der Waals surface area contributed by atoms with Crippen molar-refractivity contribution in [2.45, 2.75) is 39.0 Å². The number of hydrogen-bond donors (Lipinski definition) is 1. The highest BCUT2D eigenvalue weighted by molar-refractivity contribution is 4.92. The molecular weight excluding hydrogens is 198 g/mol. The van der Waals surface area contributed by atoms with E-state index in [2.05, 4.69) is 32.0 Å². The van der Waals surface area contributed by atoms with Gasteiger partial charge in [-0.05, 0) is 25.7 Å². The molecule has 2 nitrogen and oxygen atoms in total. The molecule has 0 saturated carbocycles. The molecule has 0 rings (SSSR count). The molecule has 92 valence electrons. The zero-order valence-electron chi connectivity index (χ0n) is 10.6. The Balaban J connectivity index is 3.23. The molecule has 0 atom stereocenters. The van der Waals surface area contributed by atoms with Gasteiger partial charge in [0.1, 0.15) is 0 Å². The number of nitrogens with one attached hydrogen (secondary N) is 1. The summed E-state index contributed by atoms with van der Waals surface area (Å²) in [6.45, 7) is 15.0. The van der Waals surface area contributed by atoms with E-state index >= 15 is 0 Å². The lowest BCUT2D eigenvalue weighted by molar-refractivity contribution is 0.199. The molecular formula is C14H25NO. The second kappa shape index (κ2) is 10.3. The van der Waals surface area contributed by atoms with Crippen molar-refractivity contribution in [3.63, 3.8) is 0 Å². The molecule has 0 spiro atoms. The zero-order chi connectivity index (χ0) is 12.2. The predicted molar refractivity (Wildman–Crippen MR) is 71.2 cm³/mol. The van der Waals surface area contributed by atoms with Gasteiger partial charge < -0.3 is 10.1 Å². The van der Waals surface area contributed by atoms with Gasteiger partial charge in [-0.3, -0.25) is 0 Å². The van der Waals surface area contributed by atoms with Crippen LogP contribution in [0.25, 0.3) is 0 Å². The molecule has 0 aromatic heterocycles. The molecule has 0 aliphatic rings. The van der Waals surface area contributed by atoms with E-state index in [4.69, 9.17) is 4.74 Å². The molecule has 0 heterocycles. The van der Waals surface area contributed by atoms with Gasteiger partial charge in [0, 0.05) is 18.7 Å². The van der Waals surface area contributed by atoms with Crippen molar-refractivity contribution in [2.24, 2.45) is 0 Å². The second-order valence-electron chi connectivity index (χ2n) is 3.82. The maximum atomic E-state index is 5.42. The van der Waals surface area contributed by atoms with E-state index in [0.29, 0.717) is 0 Å². The quantitative estimate of drug-likeness (QED) is 0.327. The van der Waals surface area contributed by atoms with Crippen LogP contribution in [0.2, 0.25) is 0 Å². The van der Waals surface area contributed by atoms with Crippen LogP contribution in [0.3, 0.4) is 0 Å². The fraction of sp³-hybridized carbons (Fsp3) is 0.571. The van der Waals surface area contributed by atoms with Crippen molar-refractivity contribution in [3.8, 4) is 0 Å². The fourth-order valence-electron chi connectivity index (χ4n) is 1.24. The minimum absolute atomic E-state index is 0.791. The van der Waals surface area contributed by atoms with E-state index in [1.54, 1.807) is 0 Å². The fourth-order valence-corrected chi connectivity index (χ4v) is 1.24. The number of rotatable bonds is 11. The van der Waals surface area contributed by atoms with Crippen LogP contribution >= 0.6 is 0 Å². The Morgan fingerprint density at radius 3 is 2.62 bits per heavy atom. The Kier molecular flexibility index (Phi) is 9.58. The van der Waals surface area contributed by atoms with Gasteiger partial charge in [0.15, 0.2) is 0 Å². The summed E-state index contributed by atoms with van der Waals surface area (Å²) in [7, 11) is 0. The average Bonchev–Trinajstić information content (AvgIpc) is 2.30. The molecule has 0 amide bonds. The van der Waals surface area contributed by atoms with Gasteiger partial charge in [-0.15, -0.1) is 6.58 Å². The van der Waals surface area contributed by atoms with Crippen molar-refractivity contribution in [2.75, 3.05) is 13.2 Å². The van der Waals surface area contributed by atoms with Crippen LogP contribution in [-0.2, 0) is 4.74 Å². The molecule has 2 heteroatoms. The lowest BCUT2D eigenvalue weighted by atomic mass is 10.1. The highest BCUT2D eigenvalue weighted by Crippen LogP contribution is 2.06. The Bertz CT molecular complexity index is 221. The van der Waals surface area contributed by atoms with Gasteiger partial charge in [-0.25, -0.2) is 0 Å².